The average molecular weight is 430 g/mol. The van der Waals surface area contributed by atoms with Crippen molar-refractivity contribution in [1.29, 1.82) is 0 Å². The zero-order valence-electron chi connectivity index (χ0n) is 14.5. The molecule has 0 fully saturated rings. The van der Waals surface area contributed by atoms with Crippen LogP contribution in [0.4, 0.5) is 0 Å². The Hall–Kier alpha value is 0.823. The quantitative estimate of drug-likeness (QED) is 0.388. The Bertz CT molecular complexity index is 374. The second-order valence-electron chi connectivity index (χ2n) is 6.32. The number of pyridine rings is 1. The fraction of sp³-hybridized carbons (Fsp3) is 0.688. The van der Waals surface area contributed by atoms with Crippen LogP contribution in [0.3, 0.4) is 0 Å². The summed E-state index contributed by atoms with van der Waals surface area (Å²) in [6, 6.07) is 5.19. The third kappa shape index (κ3) is 6.08. The van der Waals surface area contributed by atoms with Crippen LogP contribution in [0.1, 0.15) is 52.8 Å². The molecule has 0 saturated heterocycles. The van der Waals surface area contributed by atoms with Crippen LogP contribution in [-0.2, 0) is 11.0 Å². The summed E-state index contributed by atoms with van der Waals surface area (Å²) in [6.07, 6.45) is 1.88. The maximum Gasteiger partial charge on any atom is 2.00 e. The van der Waals surface area contributed by atoms with Crippen LogP contribution in [0.15, 0.2) is 12.3 Å². The average Bonchev–Trinajstić information content (AvgIpc) is 2.30. The molecule has 1 heterocycles. The number of hydrogen-bond acceptors (Lipinski definition) is 2. The van der Waals surface area contributed by atoms with Crippen LogP contribution in [-0.4, -0.2) is 36.4 Å². The number of halogens is 1. The maximum absolute atomic E-state index is 6.51. The molecule has 2 nitrogen and oxygen atoms in total. The van der Waals surface area contributed by atoms with Crippen molar-refractivity contribution in [3.8, 4) is 0 Å². The van der Waals surface area contributed by atoms with Crippen molar-refractivity contribution >= 4 is 31.4 Å². The molecule has 0 spiro atoms. The SMILES string of the molecule is Cc1c[c-]c(CO[Si](C(C)C)(C(C)C)C(C)C)cn1.[I-].[Mg+2]. The first-order valence-corrected chi connectivity index (χ1v) is 9.41. The molecular weight excluding hydrogens is 401 g/mol. The molecule has 0 atom stereocenters. The van der Waals surface area contributed by atoms with E-state index in [-0.39, 0.29) is 47.0 Å². The molecule has 0 N–H and O–H groups in total. The number of hydrogen-bond donors (Lipinski definition) is 0. The summed E-state index contributed by atoms with van der Waals surface area (Å²) in [5, 5.41) is 0. The number of rotatable bonds is 6. The Kier molecular flexibility index (Phi) is 12.1. The molecule has 0 aliphatic rings. The molecular formula is C16H28IMgNOSi. The van der Waals surface area contributed by atoms with Crippen molar-refractivity contribution < 1.29 is 28.4 Å². The van der Waals surface area contributed by atoms with Crippen molar-refractivity contribution in [2.45, 2.75) is 71.7 Å². The van der Waals surface area contributed by atoms with Crippen molar-refractivity contribution in [2.24, 2.45) is 0 Å². The van der Waals surface area contributed by atoms with E-state index in [9.17, 15) is 0 Å². The number of aromatic nitrogens is 1. The standard InChI is InChI=1S/C16H28NOSi.HI.Mg/c1-12(2)19(13(3)4,14(5)6)18-11-16-9-8-15(7)17-10-16;;/h8,10,12-14H,11H2,1-7H3;1H;/q-1;;+2/p-1. The van der Waals surface area contributed by atoms with Crippen LogP contribution in [0.5, 0.6) is 0 Å². The third-order valence-electron chi connectivity index (χ3n) is 4.08. The van der Waals surface area contributed by atoms with Crippen LogP contribution < -0.4 is 24.0 Å². The van der Waals surface area contributed by atoms with Crippen molar-refractivity contribution in [3.05, 3.63) is 29.6 Å². The molecule has 5 heteroatoms. The number of aryl methyl sites for hydroxylation is 1. The number of nitrogens with zero attached hydrogens (tertiary/aromatic N) is 1. The summed E-state index contributed by atoms with van der Waals surface area (Å²) < 4.78 is 6.51. The van der Waals surface area contributed by atoms with Gasteiger partial charge in [-0.2, -0.15) is 12.1 Å². The molecule has 0 bridgehead atoms. The minimum Gasteiger partial charge on any atom is -1.00 e. The summed E-state index contributed by atoms with van der Waals surface area (Å²) >= 11 is 0. The van der Waals surface area contributed by atoms with Gasteiger partial charge in [0.1, 0.15) is 0 Å². The topological polar surface area (TPSA) is 22.1 Å². The first-order chi connectivity index (χ1) is 8.80. The van der Waals surface area contributed by atoms with Gasteiger partial charge in [-0.05, 0) is 16.6 Å². The molecule has 116 valence electrons. The minimum absolute atomic E-state index is 0. The Labute approximate surface area is 165 Å². The molecule has 0 aromatic carbocycles. The molecule has 21 heavy (non-hydrogen) atoms. The maximum atomic E-state index is 6.51. The molecule has 1 aromatic rings. The third-order valence-corrected chi connectivity index (χ3v) is 10.1. The molecule has 0 radical (unpaired) electrons. The Morgan fingerprint density at radius 2 is 1.57 bits per heavy atom. The van der Waals surface area contributed by atoms with Gasteiger partial charge < -0.3 is 33.4 Å². The predicted octanol–water partition coefficient (Wildman–Crippen LogP) is 1.51. The van der Waals surface area contributed by atoms with Crippen molar-refractivity contribution in [1.82, 2.24) is 4.98 Å². The molecule has 0 aliphatic heterocycles. The van der Waals surface area contributed by atoms with Crippen LogP contribution in [0, 0.1) is 13.0 Å². The summed E-state index contributed by atoms with van der Waals surface area (Å²) in [6.45, 7) is 16.5. The molecule has 0 amide bonds. The van der Waals surface area contributed by atoms with Gasteiger partial charge >= 0.3 is 23.1 Å². The van der Waals surface area contributed by atoms with Gasteiger partial charge in [0.05, 0.1) is 0 Å². The monoisotopic (exact) mass is 429 g/mol. The first-order valence-electron chi connectivity index (χ1n) is 7.27. The van der Waals surface area contributed by atoms with Gasteiger partial charge in [0.15, 0.2) is 0 Å². The second-order valence-corrected chi connectivity index (χ2v) is 11.8. The van der Waals surface area contributed by atoms with E-state index in [0.29, 0.717) is 23.2 Å². The Morgan fingerprint density at radius 1 is 1.10 bits per heavy atom. The van der Waals surface area contributed by atoms with Crippen LogP contribution >= 0.6 is 0 Å². The molecule has 1 aromatic heterocycles. The van der Waals surface area contributed by atoms with Crippen LogP contribution in [0.25, 0.3) is 0 Å². The Morgan fingerprint density at radius 3 is 1.90 bits per heavy atom. The summed E-state index contributed by atoms with van der Waals surface area (Å²) in [4.78, 5) is 4.32. The first kappa shape index (κ1) is 24.1. The van der Waals surface area contributed by atoms with Crippen molar-refractivity contribution in [3.63, 3.8) is 0 Å². The van der Waals surface area contributed by atoms with Gasteiger partial charge in [0.2, 0.25) is 8.32 Å². The van der Waals surface area contributed by atoms with E-state index in [2.05, 4.69) is 52.6 Å². The normalized spacial score (nSPS) is 11.5. The van der Waals surface area contributed by atoms with Gasteiger partial charge in [-0.15, -0.1) is 5.56 Å². The van der Waals surface area contributed by atoms with Gasteiger partial charge in [-0.25, -0.2) is 0 Å². The second kappa shape index (κ2) is 10.6. The van der Waals surface area contributed by atoms with E-state index in [4.69, 9.17) is 4.43 Å². The van der Waals surface area contributed by atoms with E-state index in [0.717, 1.165) is 11.3 Å². The predicted molar refractivity (Wildman–Crippen MR) is 89.4 cm³/mol. The smallest absolute Gasteiger partial charge is 1.00 e. The minimum atomic E-state index is -1.77. The molecule has 0 unspecified atom stereocenters. The van der Waals surface area contributed by atoms with Gasteiger partial charge in [-0.3, -0.25) is 0 Å². The fourth-order valence-electron chi connectivity index (χ4n) is 3.23. The van der Waals surface area contributed by atoms with Crippen molar-refractivity contribution in [2.75, 3.05) is 0 Å². The molecule has 0 saturated carbocycles. The summed E-state index contributed by atoms with van der Waals surface area (Å²) in [5.41, 5.74) is 3.91. The van der Waals surface area contributed by atoms with Gasteiger partial charge in [0.25, 0.3) is 0 Å². The largest absolute Gasteiger partial charge is 2.00 e. The molecule has 0 aliphatic carbocycles. The van der Waals surface area contributed by atoms with E-state index in [1.54, 1.807) is 0 Å². The zero-order chi connectivity index (χ0) is 14.6. The van der Waals surface area contributed by atoms with E-state index < -0.39 is 8.32 Å². The van der Waals surface area contributed by atoms with E-state index in [1.807, 2.05) is 19.2 Å². The molecule has 1 rings (SSSR count). The fourth-order valence-corrected chi connectivity index (χ4v) is 8.64. The Balaban J connectivity index is 0. The van der Waals surface area contributed by atoms with E-state index in [1.165, 1.54) is 0 Å². The summed E-state index contributed by atoms with van der Waals surface area (Å²) in [7, 11) is -1.77. The zero-order valence-corrected chi connectivity index (χ0v) is 19.1. The summed E-state index contributed by atoms with van der Waals surface area (Å²) in [5.74, 6) is 0. The van der Waals surface area contributed by atoms with Gasteiger partial charge in [0, 0.05) is 6.61 Å². The van der Waals surface area contributed by atoms with E-state index >= 15 is 0 Å². The van der Waals surface area contributed by atoms with Crippen LogP contribution in [0.2, 0.25) is 16.6 Å². The van der Waals surface area contributed by atoms with Gasteiger partial charge in [-0.1, -0.05) is 60.4 Å².